The van der Waals surface area contributed by atoms with Crippen LogP contribution < -0.4 is 10.1 Å². The van der Waals surface area contributed by atoms with Gasteiger partial charge in [0.05, 0.1) is 12.8 Å². The SMILES string of the molecule is COc1cc(Cl)c(C)cc1Nc1nccc(C(=O)N2CCCC(C)C2)n1. The van der Waals surface area contributed by atoms with Crippen LogP contribution in [0.25, 0.3) is 0 Å². The van der Waals surface area contributed by atoms with E-state index in [-0.39, 0.29) is 5.91 Å². The number of aromatic nitrogens is 2. The first-order valence-electron chi connectivity index (χ1n) is 8.71. The fraction of sp³-hybridized carbons (Fsp3) is 0.421. The van der Waals surface area contributed by atoms with Gasteiger partial charge in [0, 0.05) is 30.4 Å². The van der Waals surface area contributed by atoms with Crippen LogP contribution in [0.15, 0.2) is 24.4 Å². The summed E-state index contributed by atoms with van der Waals surface area (Å²) >= 11 is 6.14. The minimum absolute atomic E-state index is 0.0544. The first kappa shape index (κ1) is 18.5. The molecule has 3 rings (SSSR count). The first-order chi connectivity index (χ1) is 12.5. The highest BCUT2D eigenvalue weighted by molar-refractivity contribution is 6.31. The molecule has 26 heavy (non-hydrogen) atoms. The lowest BCUT2D eigenvalue weighted by Crippen LogP contribution is -2.39. The Labute approximate surface area is 158 Å². The Morgan fingerprint density at radius 2 is 2.23 bits per heavy atom. The van der Waals surface area contributed by atoms with Crippen LogP contribution in [0.1, 0.15) is 35.8 Å². The quantitative estimate of drug-likeness (QED) is 0.873. The molecule has 7 heteroatoms. The van der Waals surface area contributed by atoms with E-state index in [1.54, 1.807) is 25.4 Å². The topological polar surface area (TPSA) is 67.3 Å². The maximum atomic E-state index is 12.7. The number of piperidine rings is 1. The molecule has 1 aromatic heterocycles. The van der Waals surface area contributed by atoms with Crippen molar-refractivity contribution >= 4 is 29.1 Å². The van der Waals surface area contributed by atoms with E-state index in [4.69, 9.17) is 16.3 Å². The van der Waals surface area contributed by atoms with E-state index in [2.05, 4.69) is 22.2 Å². The summed E-state index contributed by atoms with van der Waals surface area (Å²) in [5.74, 6) is 1.40. The van der Waals surface area contributed by atoms with Gasteiger partial charge in [-0.25, -0.2) is 9.97 Å². The van der Waals surface area contributed by atoms with Crippen molar-refractivity contribution in [1.82, 2.24) is 14.9 Å². The number of amides is 1. The Bertz CT molecular complexity index is 812. The Balaban J connectivity index is 1.82. The first-order valence-corrected chi connectivity index (χ1v) is 9.09. The van der Waals surface area contributed by atoms with Gasteiger partial charge in [-0.1, -0.05) is 18.5 Å². The molecule has 1 atom stereocenters. The molecule has 1 aliphatic rings. The second-order valence-corrected chi connectivity index (χ2v) is 7.10. The van der Waals surface area contributed by atoms with E-state index >= 15 is 0 Å². The minimum atomic E-state index is -0.0544. The summed E-state index contributed by atoms with van der Waals surface area (Å²) in [6.45, 7) is 5.63. The monoisotopic (exact) mass is 374 g/mol. The number of nitrogens with one attached hydrogen (secondary N) is 1. The number of ether oxygens (including phenoxy) is 1. The maximum Gasteiger partial charge on any atom is 0.272 e. The number of aryl methyl sites for hydroxylation is 1. The lowest BCUT2D eigenvalue weighted by Gasteiger charge is -2.30. The molecule has 0 aliphatic carbocycles. The van der Waals surface area contributed by atoms with Gasteiger partial charge in [0.2, 0.25) is 5.95 Å². The highest BCUT2D eigenvalue weighted by atomic mass is 35.5. The molecule has 6 nitrogen and oxygen atoms in total. The van der Waals surface area contributed by atoms with Gasteiger partial charge in [0.25, 0.3) is 5.91 Å². The summed E-state index contributed by atoms with van der Waals surface area (Å²) in [7, 11) is 1.57. The lowest BCUT2D eigenvalue weighted by atomic mass is 10.00. The normalized spacial score (nSPS) is 17.1. The van der Waals surface area contributed by atoms with Gasteiger partial charge in [-0.3, -0.25) is 4.79 Å². The van der Waals surface area contributed by atoms with Gasteiger partial charge in [0.15, 0.2) is 0 Å². The fourth-order valence-electron chi connectivity index (χ4n) is 3.12. The van der Waals surface area contributed by atoms with Crippen LogP contribution in [-0.4, -0.2) is 41.0 Å². The van der Waals surface area contributed by atoms with Gasteiger partial charge in [-0.05, 0) is 43.4 Å². The number of carbonyl (C=O) groups is 1. The maximum absolute atomic E-state index is 12.7. The fourth-order valence-corrected chi connectivity index (χ4v) is 3.28. The number of benzene rings is 1. The third kappa shape index (κ3) is 4.07. The van der Waals surface area contributed by atoms with E-state index in [0.29, 0.717) is 34.0 Å². The van der Waals surface area contributed by atoms with Crippen LogP contribution in [0, 0.1) is 12.8 Å². The third-order valence-corrected chi connectivity index (χ3v) is 4.95. The largest absolute Gasteiger partial charge is 0.495 e. The van der Waals surface area contributed by atoms with Crippen molar-refractivity contribution in [2.45, 2.75) is 26.7 Å². The molecule has 2 heterocycles. The highest BCUT2D eigenvalue weighted by Gasteiger charge is 2.23. The van der Waals surface area contributed by atoms with Crippen molar-refractivity contribution < 1.29 is 9.53 Å². The summed E-state index contributed by atoms with van der Waals surface area (Å²) < 4.78 is 5.36. The molecule has 1 fully saturated rings. The molecule has 1 saturated heterocycles. The van der Waals surface area contributed by atoms with E-state index in [1.165, 1.54) is 0 Å². The Morgan fingerprint density at radius 3 is 2.96 bits per heavy atom. The number of hydrogen-bond acceptors (Lipinski definition) is 5. The highest BCUT2D eigenvalue weighted by Crippen LogP contribution is 2.32. The summed E-state index contributed by atoms with van der Waals surface area (Å²) in [4.78, 5) is 23.2. The molecule has 0 bridgehead atoms. The van der Waals surface area contributed by atoms with Crippen LogP contribution in [0.2, 0.25) is 5.02 Å². The van der Waals surface area contributed by atoms with E-state index < -0.39 is 0 Å². The second kappa shape index (κ2) is 7.91. The predicted molar refractivity (Wildman–Crippen MR) is 102 cm³/mol. The molecule has 1 aliphatic heterocycles. The number of hydrogen-bond donors (Lipinski definition) is 1. The van der Waals surface area contributed by atoms with Crippen LogP contribution in [-0.2, 0) is 0 Å². The van der Waals surface area contributed by atoms with Crippen LogP contribution in [0.5, 0.6) is 5.75 Å². The summed E-state index contributed by atoms with van der Waals surface area (Å²) in [5.41, 5.74) is 2.00. The molecule has 0 radical (unpaired) electrons. The van der Waals surface area contributed by atoms with Crippen molar-refractivity contribution in [3.05, 3.63) is 40.7 Å². The van der Waals surface area contributed by atoms with Crippen LogP contribution in [0.3, 0.4) is 0 Å². The molecule has 1 N–H and O–H groups in total. The van der Waals surface area contributed by atoms with Crippen molar-refractivity contribution in [2.75, 3.05) is 25.5 Å². The number of rotatable bonds is 4. The second-order valence-electron chi connectivity index (χ2n) is 6.69. The number of carbonyl (C=O) groups excluding carboxylic acids is 1. The average Bonchev–Trinajstić information content (AvgIpc) is 2.64. The number of halogens is 1. The predicted octanol–water partition coefficient (Wildman–Crippen LogP) is 4.06. The molecule has 138 valence electrons. The van der Waals surface area contributed by atoms with Gasteiger partial charge in [-0.15, -0.1) is 0 Å². The Hall–Kier alpha value is -2.34. The zero-order valence-electron chi connectivity index (χ0n) is 15.3. The number of nitrogens with zero attached hydrogens (tertiary/aromatic N) is 3. The number of anilines is 2. The van der Waals surface area contributed by atoms with Crippen molar-refractivity contribution in [3.8, 4) is 5.75 Å². The lowest BCUT2D eigenvalue weighted by molar-refractivity contribution is 0.0677. The van der Waals surface area contributed by atoms with E-state index in [0.717, 1.165) is 31.5 Å². The summed E-state index contributed by atoms with van der Waals surface area (Å²) in [6.07, 6.45) is 3.78. The molecular weight excluding hydrogens is 352 g/mol. The standard InChI is InChI=1S/C19H23ClN4O2/c1-12-5-4-8-24(11-12)18(25)15-6-7-21-19(22-15)23-16-9-13(2)14(20)10-17(16)26-3/h6-7,9-10,12H,4-5,8,11H2,1-3H3,(H,21,22,23). The Kier molecular flexibility index (Phi) is 5.61. The smallest absolute Gasteiger partial charge is 0.272 e. The van der Waals surface area contributed by atoms with Crippen molar-refractivity contribution in [1.29, 1.82) is 0 Å². The third-order valence-electron chi connectivity index (χ3n) is 4.55. The van der Waals surface area contributed by atoms with Crippen molar-refractivity contribution in [2.24, 2.45) is 5.92 Å². The van der Waals surface area contributed by atoms with Gasteiger partial charge >= 0.3 is 0 Å². The van der Waals surface area contributed by atoms with E-state index in [9.17, 15) is 4.79 Å². The minimum Gasteiger partial charge on any atom is -0.495 e. The molecule has 1 aromatic carbocycles. The summed E-state index contributed by atoms with van der Waals surface area (Å²) in [5, 5.41) is 3.74. The Morgan fingerprint density at radius 1 is 1.42 bits per heavy atom. The number of likely N-dealkylation sites (tertiary alicyclic amines) is 1. The molecule has 1 amide bonds. The zero-order chi connectivity index (χ0) is 18.7. The van der Waals surface area contributed by atoms with E-state index in [1.807, 2.05) is 17.9 Å². The molecular formula is C19H23ClN4O2. The summed E-state index contributed by atoms with van der Waals surface area (Å²) in [6, 6.07) is 5.26. The van der Waals surface area contributed by atoms with Crippen LogP contribution in [0.4, 0.5) is 11.6 Å². The average molecular weight is 375 g/mol. The van der Waals surface area contributed by atoms with Gasteiger partial charge in [-0.2, -0.15) is 0 Å². The molecule has 2 aromatic rings. The number of methoxy groups -OCH3 is 1. The van der Waals surface area contributed by atoms with Crippen LogP contribution >= 0.6 is 11.6 Å². The van der Waals surface area contributed by atoms with Gasteiger partial charge < -0.3 is 15.0 Å². The van der Waals surface area contributed by atoms with Gasteiger partial charge in [0.1, 0.15) is 11.4 Å². The van der Waals surface area contributed by atoms with Crippen molar-refractivity contribution in [3.63, 3.8) is 0 Å². The zero-order valence-corrected chi connectivity index (χ0v) is 16.0. The molecule has 1 unspecified atom stereocenters. The molecule has 0 spiro atoms. The molecule has 0 saturated carbocycles.